The fourth-order valence-corrected chi connectivity index (χ4v) is 4.14. The number of rotatable bonds is 3. The maximum Gasteiger partial charge on any atom is 0.150 e. The average Bonchev–Trinajstić information content (AvgIpc) is 2.73. The first kappa shape index (κ1) is 21.0. The molecule has 0 aliphatic carbocycles. The third kappa shape index (κ3) is 3.69. The highest BCUT2D eigenvalue weighted by atomic mass is 35.5. The lowest BCUT2D eigenvalue weighted by atomic mass is 9.81. The number of aromatic nitrogens is 1. The van der Waals surface area contributed by atoms with Crippen molar-refractivity contribution < 1.29 is 0 Å². The fourth-order valence-electron chi connectivity index (χ4n) is 3.88. The Bertz CT molecular complexity index is 1220. The third-order valence-electron chi connectivity index (χ3n) is 5.43. The first-order valence-electron chi connectivity index (χ1n) is 9.68. The number of halogens is 2. The van der Waals surface area contributed by atoms with Gasteiger partial charge in [-0.2, -0.15) is 5.26 Å². The average molecular weight is 450 g/mol. The number of hydrogen-bond acceptors (Lipinski definition) is 5. The summed E-state index contributed by atoms with van der Waals surface area (Å²) in [7, 11) is 3.68. The molecule has 7 heteroatoms. The molecule has 1 aromatic heterocycles. The van der Waals surface area contributed by atoms with Gasteiger partial charge < -0.3 is 16.0 Å². The molecule has 3 aromatic rings. The third-order valence-corrected chi connectivity index (χ3v) is 5.93. The monoisotopic (exact) mass is 449 g/mol. The lowest BCUT2D eigenvalue weighted by molar-refractivity contribution is 0.684. The van der Waals surface area contributed by atoms with Gasteiger partial charge in [0.2, 0.25) is 0 Å². The second-order valence-electron chi connectivity index (χ2n) is 7.85. The number of nitrogens with two attached hydrogens (primary N) is 1. The number of nitrogens with one attached hydrogen (secondary N) is 1. The molecule has 0 spiro atoms. The molecule has 4 rings (SSSR count). The van der Waals surface area contributed by atoms with Crippen LogP contribution in [-0.4, -0.2) is 19.1 Å². The Labute approximate surface area is 191 Å². The Kier molecular flexibility index (Phi) is 5.30. The van der Waals surface area contributed by atoms with E-state index in [1.165, 1.54) is 0 Å². The molecule has 1 aliphatic heterocycles. The first-order chi connectivity index (χ1) is 14.7. The Hall–Kier alpha value is -3.20. The largest absolute Gasteiger partial charge is 0.383 e. The number of hydrogen-bond donors (Lipinski definition) is 2. The maximum atomic E-state index is 10.0. The summed E-state index contributed by atoms with van der Waals surface area (Å²) in [5, 5.41) is 14.9. The number of nitrogen functional groups attached to an aromatic ring is 1. The van der Waals surface area contributed by atoms with Gasteiger partial charge in [-0.3, -0.25) is 0 Å². The van der Waals surface area contributed by atoms with Gasteiger partial charge in [0, 0.05) is 29.7 Å². The van der Waals surface area contributed by atoms with Crippen LogP contribution < -0.4 is 16.0 Å². The van der Waals surface area contributed by atoms with Gasteiger partial charge in [0.15, 0.2) is 5.82 Å². The van der Waals surface area contributed by atoms with E-state index in [1.54, 1.807) is 4.90 Å². The lowest BCUT2D eigenvalue weighted by Gasteiger charge is -2.37. The molecular weight excluding hydrogens is 429 g/mol. The highest BCUT2D eigenvalue weighted by molar-refractivity contribution is 6.30. The van der Waals surface area contributed by atoms with E-state index in [4.69, 9.17) is 28.9 Å². The Morgan fingerprint density at radius 2 is 1.61 bits per heavy atom. The van der Waals surface area contributed by atoms with Crippen LogP contribution in [0.5, 0.6) is 0 Å². The van der Waals surface area contributed by atoms with Crippen LogP contribution in [0.3, 0.4) is 0 Å². The lowest BCUT2D eigenvalue weighted by Crippen LogP contribution is -2.34. The zero-order valence-corrected chi connectivity index (χ0v) is 18.9. The van der Waals surface area contributed by atoms with E-state index in [1.807, 2.05) is 62.6 Å². The van der Waals surface area contributed by atoms with Crippen molar-refractivity contribution in [2.75, 3.05) is 30.0 Å². The topological polar surface area (TPSA) is 78.0 Å². The van der Waals surface area contributed by atoms with Crippen molar-refractivity contribution in [1.29, 1.82) is 5.26 Å². The zero-order chi connectivity index (χ0) is 22.3. The van der Waals surface area contributed by atoms with Gasteiger partial charge in [-0.25, -0.2) is 4.98 Å². The van der Waals surface area contributed by atoms with E-state index in [0.717, 1.165) is 16.7 Å². The van der Waals surface area contributed by atoms with Crippen molar-refractivity contribution in [3.05, 3.63) is 86.9 Å². The number of fused-ring (bicyclic) bond motifs is 1. The van der Waals surface area contributed by atoms with Gasteiger partial charge in [0.1, 0.15) is 17.5 Å². The molecule has 0 saturated heterocycles. The summed E-state index contributed by atoms with van der Waals surface area (Å²) in [5.41, 5.74) is 10.4. The van der Waals surface area contributed by atoms with E-state index in [-0.39, 0.29) is 0 Å². The summed E-state index contributed by atoms with van der Waals surface area (Å²) in [6.07, 6.45) is 2.11. The van der Waals surface area contributed by atoms with Crippen LogP contribution in [0.4, 0.5) is 17.3 Å². The summed E-state index contributed by atoms with van der Waals surface area (Å²) < 4.78 is 0. The van der Waals surface area contributed by atoms with E-state index in [2.05, 4.69) is 29.4 Å². The molecule has 0 saturated carbocycles. The van der Waals surface area contributed by atoms with Crippen LogP contribution in [0.15, 0.2) is 54.6 Å². The van der Waals surface area contributed by atoms with Crippen molar-refractivity contribution in [1.82, 2.24) is 4.98 Å². The molecule has 5 nitrogen and oxygen atoms in total. The predicted molar refractivity (Wildman–Crippen MR) is 129 cm³/mol. The van der Waals surface area contributed by atoms with E-state index < -0.39 is 5.54 Å². The van der Waals surface area contributed by atoms with Crippen molar-refractivity contribution in [2.45, 2.75) is 12.5 Å². The second-order valence-corrected chi connectivity index (χ2v) is 8.72. The molecule has 1 aliphatic rings. The molecule has 3 N–H and O–H groups in total. The quantitative estimate of drug-likeness (QED) is 0.537. The Morgan fingerprint density at radius 3 is 2.16 bits per heavy atom. The molecular formula is C24H21Cl2N5. The molecule has 0 fully saturated rings. The van der Waals surface area contributed by atoms with Crippen LogP contribution >= 0.6 is 23.2 Å². The minimum absolute atomic E-state index is 0.351. The minimum atomic E-state index is -0.616. The molecule has 31 heavy (non-hydrogen) atoms. The molecule has 0 bridgehead atoms. The normalized spacial score (nSPS) is 17.2. The Balaban J connectivity index is 2.04. The second kappa shape index (κ2) is 7.81. The SMILES string of the molecule is CN(C)c1nc(N)c2c(c1C#N)NC(C)(c1ccc(Cl)cc1)C=C2c1ccc(Cl)cc1. The van der Waals surface area contributed by atoms with Crippen molar-refractivity contribution in [2.24, 2.45) is 0 Å². The highest BCUT2D eigenvalue weighted by Crippen LogP contribution is 2.47. The number of nitrogens with zero attached hydrogens (tertiary/aromatic N) is 3. The molecule has 2 heterocycles. The smallest absolute Gasteiger partial charge is 0.150 e. The van der Waals surface area contributed by atoms with Gasteiger partial charge >= 0.3 is 0 Å². The van der Waals surface area contributed by atoms with Crippen LogP contribution in [0.25, 0.3) is 5.57 Å². The van der Waals surface area contributed by atoms with Gasteiger partial charge in [-0.15, -0.1) is 0 Å². The standard InChI is InChI=1S/C24H21Cl2N5/c1-24(15-6-10-17(26)11-7-15)12-18(14-4-8-16(25)9-5-14)20-21(30-24)19(13-27)23(31(2)3)29-22(20)28/h4-12,30H,1-3H3,(H2,28,29). The molecule has 2 aromatic carbocycles. The number of nitriles is 1. The predicted octanol–water partition coefficient (Wildman–Crippen LogP) is 5.68. The maximum absolute atomic E-state index is 10.0. The van der Waals surface area contributed by atoms with Crippen LogP contribution in [0.1, 0.15) is 29.2 Å². The summed E-state index contributed by atoms with van der Waals surface area (Å²) >= 11 is 12.2. The molecule has 1 unspecified atom stereocenters. The van der Waals surface area contributed by atoms with Crippen molar-refractivity contribution in [3.63, 3.8) is 0 Å². The van der Waals surface area contributed by atoms with Crippen molar-refractivity contribution >= 4 is 46.1 Å². The van der Waals surface area contributed by atoms with Gasteiger partial charge in [-0.05, 0) is 54.0 Å². The van der Waals surface area contributed by atoms with Gasteiger partial charge in [0.05, 0.1) is 11.2 Å². The van der Waals surface area contributed by atoms with Crippen LogP contribution in [0.2, 0.25) is 10.0 Å². The van der Waals surface area contributed by atoms with Crippen molar-refractivity contribution in [3.8, 4) is 6.07 Å². The first-order valence-corrected chi connectivity index (χ1v) is 10.4. The number of pyridine rings is 1. The summed E-state index contributed by atoms with van der Waals surface area (Å²) in [5.74, 6) is 0.867. The van der Waals surface area contributed by atoms with E-state index >= 15 is 0 Å². The molecule has 0 amide bonds. The van der Waals surface area contributed by atoms with Crippen LogP contribution in [-0.2, 0) is 5.54 Å². The van der Waals surface area contributed by atoms with E-state index in [0.29, 0.717) is 38.5 Å². The van der Waals surface area contributed by atoms with Crippen LogP contribution in [0, 0.1) is 11.3 Å². The summed E-state index contributed by atoms with van der Waals surface area (Å²) in [6, 6.07) is 17.5. The number of benzene rings is 2. The zero-order valence-electron chi connectivity index (χ0n) is 17.4. The van der Waals surface area contributed by atoms with E-state index in [9.17, 15) is 5.26 Å². The fraction of sp³-hybridized carbons (Fsp3) is 0.167. The Morgan fingerprint density at radius 1 is 1.03 bits per heavy atom. The molecule has 0 radical (unpaired) electrons. The highest BCUT2D eigenvalue weighted by Gasteiger charge is 2.35. The summed E-state index contributed by atoms with van der Waals surface area (Å²) in [4.78, 5) is 6.33. The molecule has 156 valence electrons. The summed E-state index contributed by atoms with van der Waals surface area (Å²) in [6.45, 7) is 2.06. The van der Waals surface area contributed by atoms with Gasteiger partial charge in [-0.1, -0.05) is 47.5 Å². The molecule has 1 atom stereocenters. The number of anilines is 3. The minimum Gasteiger partial charge on any atom is -0.383 e. The van der Waals surface area contributed by atoms with Gasteiger partial charge in [0.25, 0.3) is 0 Å².